The molecule has 0 aliphatic rings. The van der Waals surface area contributed by atoms with Crippen LogP contribution < -0.4 is 0 Å². The lowest BCUT2D eigenvalue weighted by Crippen LogP contribution is -1.94. The Morgan fingerprint density at radius 1 is 1.22 bits per heavy atom. The van der Waals surface area contributed by atoms with E-state index in [1.54, 1.807) is 24.3 Å². The highest BCUT2D eigenvalue weighted by Crippen LogP contribution is 2.35. The smallest absolute Gasteiger partial charge is 0.330 e. The van der Waals surface area contributed by atoms with Crippen LogP contribution in [0.3, 0.4) is 0 Å². The molecule has 0 spiro atoms. The summed E-state index contributed by atoms with van der Waals surface area (Å²) >= 11 is 0. The van der Waals surface area contributed by atoms with Crippen LogP contribution in [-0.4, -0.2) is 16.6 Å². The van der Waals surface area contributed by atoms with Crippen LogP contribution in [0, 0.1) is 12.3 Å². The van der Waals surface area contributed by atoms with Gasteiger partial charge in [0.25, 0.3) is 0 Å². The molecule has 1 atom stereocenters. The molecule has 0 fully saturated rings. The van der Waals surface area contributed by atoms with Crippen LogP contribution in [0.1, 0.15) is 24.8 Å². The fraction of sp³-hybridized carbons (Fsp3) is 0.385. The van der Waals surface area contributed by atoms with Gasteiger partial charge in [-0.3, -0.25) is 0 Å². The Hall–Kier alpha value is -1.11. The van der Waals surface area contributed by atoms with E-state index in [4.69, 9.17) is 15.5 Å². The van der Waals surface area contributed by atoms with Gasteiger partial charge in [-0.15, -0.1) is 12.3 Å². The summed E-state index contributed by atoms with van der Waals surface area (Å²) in [5.74, 6) is 2.68. The van der Waals surface area contributed by atoms with E-state index in [0.717, 1.165) is 12.8 Å². The Balaban J connectivity index is 2.15. The molecule has 0 bridgehead atoms. The fourth-order valence-electron chi connectivity index (χ4n) is 1.27. The second kappa shape index (κ2) is 8.91. The summed E-state index contributed by atoms with van der Waals surface area (Å²) in [6, 6.07) is 6.81. The van der Waals surface area contributed by atoms with Crippen LogP contribution in [0.15, 0.2) is 24.3 Å². The van der Waals surface area contributed by atoms with Crippen molar-refractivity contribution in [1.82, 2.24) is 0 Å². The number of hydrogen-bond acceptors (Lipinski definition) is 4. The molecule has 0 saturated heterocycles. The van der Waals surface area contributed by atoms with Gasteiger partial charge in [-0.05, 0) is 18.9 Å². The molecule has 1 aromatic carbocycles. The van der Waals surface area contributed by atoms with Crippen LogP contribution in [0.5, 0.6) is 5.75 Å². The van der Waals surface area contributed by atoms with Crippen molar-refractivity contribution in [1.29, 1.82) is 0 Å². The quantitative estimate of drug-likeness (QED) is 0.432. The highest BCUT2D eigenvalue weighted by molar-refractivity contribution is 7.40. The number of para-hydroxylation sites is 1. The summed E-state index contributed by atoms with van der Waals surface area (Å²) in [5.41, 5.74) is 0.620. The highest BCUT2D eigenvalue weighted by Gasteiger charge is 2.08. The van der Waals surface area contributed by atoms with E-state index in [1.165, 1.54) is 0 Å². The number of rotatable bonds is 8. The zero-order chi connectivity index (χ0) is 13.2. The van der Waals surface area contributed by atoms with E-state index in [0.29, 0.717) is 18.6 Å². The molecule has 0 heterocycles. The summed E-state index contributed by atoms with van der Waals surface area (Å²) in [7, 11) is -1.90. The molecule has 2 N–H and O–H groups in total. The molecule has 4 nitrogen and oxygen atoms in total. The van der Waals surface area contributed by atoms with Crippen molar-refractivity contribution in [3.8, 4) is 18.1 Å². The first kappa shape index (κ1) is 14.9. The summed E-state index contributed by atoms with van der Waals surface area (Å²) in [4.78, 5) is 9.46. The number of unbranched alkanes of at least 4 members (excludes halogenated alkanes) is 2. The van der Waals surface area contributed by atoms with Gasteiger partial charge >= 0.3 is 8.60 Å². The summed E-state index contributed by atoms with van der Waals surface area (Å²) in [6.45, 7) is 0.546. The number of hydrogen-bond donors (Lipinski definition) is 2. The molecule has 0 aliphatic heterocycles. The molecule has 18 heavy (non-hydrogen) atoms. The highest BCUT2D eigenvalue weighted by atomic mass is 31.2. The third-order valence-corrected chi connectivity index (χ3v) is 2.99. The average molecular weight is 268 g/mol. The number of benzene rings is 1. The van der Waals surface area contributed by atoms with Gasteiger partial charge in [0.1, 0.15) is 5.75 Å². The van der Waals surface area contributed by atoms with Crippen LogP contribution >= 0.6 is 8.60 Å². The van der Waals surface area contributed by atoms with E-state index in [9.17, 15) is 10.00 Å². The lowest BCUT2D eigenvalue weighted by Gasteiger charge is -2.11. The first-order chi connectivity index (χ1) is 8.74. The topological polar surface area (TPSA) is 58.9 Å². The third-order valence-electron chi connectivity index (χ3n) is 2.24. The number of aromatic hydroxyl groups is 1. The minimum absolute atomic E-state index is 0.124. The minimum atomic E-state index is -1.90. The second-order valence-electron chi connectivity index (χ2n) is 3.63. The van der Waals surface area contributed by atoms with Gasteiger partial charge in [-0.1, -0.05) is 18.2 Å². The van der Waals surface area contributed by atoms with Gasteiger partial charge in [0, 0.05) is 12.0 Å². The van der Waals surface area contributed by atoms with Crippen LogP contribution in [0.4, 0.5) is 0 Å². The van der Waals surface area contributed by atoms with Crippen molar-refractivity contribution in [3.63, 3.8) is 0 Å². The van der Waals surface area contributed by atoms with E-state index in [1.807, 2.05) is 0 Å². The van der Waals surface area contributed by atoms with Crippen molar-refractivity contribution in [2.45, 2.75) is 25.9 Å². The number of terminal acetylenes is 1. The van der Waals surface area contributed by atoms with Crippen LogP contribution in [0.25, 0.3) is 0 Å². The van der Waals surface area contributed by atoms with Crippen LogP contribution in [-0.2, 0) is 15.7 Å². The molecule has 1 unspecified atom stereocenters. The van der Waals surface area contributed by atoms with E-state index in [2.05, 4.69) is 5.92 Å². The van der Waals surface area contributed by atoms with Crippen molar-refractivity contribution in [2.24, 2.45) is 0 Å². The van der Waals surface area contributed by atoms with Crippen molar-refractivity contribution < 1.29 is 19.0 Å². The van der Waals surface area contributed by atoms with E-state index in [-0.39, 0.29) is 12.4 Å². The van der Waals surface area contributed by atoms with Gasteiger partial charge in [0.15, 0.2) is 0 Å². The third kappa shape index (κ3) is 6.00. The molecule has 5 heteroatoms. The zero-order valence-electron chi connectivity index (χ0n) is 10.1. The summed E-state index contributed by atoms with van der Waals surface area (Å²) in [6.07, 6.45) is 7.50. The van der Waals surface area contributed by atoms with Gasteiger partial charge in [-0.25, -0.2) is 0 Å². The lowest BCUT2D eigenvalue weighted by atomic mass is 10.2. The Kier molecular flexibility index (Phi) is 7.40. The maximum Gasteiger partial charge on any atom is 0.330 e. The largest absolute Gasteiger partial charge is 0.508 e. The predicted octanol–water partition coefficient (Wildman–Crippen LogP) is 2.95. The Labute approximate surface area is 109 Å². The molecular formula is C13H17O4P. The van der Waals surface area contributed by atoms with Crippen molar-refractivity contribution in [3.05, 3.63) is 29.8 Å². The first-order valence-electron chi connectivity index (χ1n) is 5.69. The maximum atomic E-state index is 9.48. The van der Waals surface area contributed by atoms with E-state index < -0.39 is 8.60 Å². The van der Waals surface area contributed by atoms with Gasteiger partial charge in [0.05, 0.1) is 13.2 Å². The zero-order valence-corrected chi connectivity index (χ0v) is 11.0. The lowest BCUT2D eigenvalue weighted by molar-refractivity contribution is 0.190. The average Bonchev–Trinajstić information content (AvgIpc) is 2.37. The number of phenolic OH excluding ortho intramolecular Hbond substituents is 1. The second-order valence-corrected chi connectivity index (χ2v) is 4.63. The Morgan fingerprint density at radius 3 is 2.72 bits per heavy atom. The predicted molar refractivity (Wildman–Crippen MR) is 70.7 cm³/mol. The molecule has 0 amide bonds. The SMILES string of the molecule is C#CCCCCOP(O)OCc1ccccc1O. The molecule has 0 saturated carbocycles. The molecule has 98 valence electrons. The summed E-state index contributed by atoms with van der Waals surface area (Å²) in [5, 5.41) is 9.48. The first-order valence-corrected chi connectivity index (χ1v) is 6.82. The minimum Gasteiger partial charge on any atom is -0.508 e. The molecule has 0 aliphatic carbocycles. The van der Waals surface area contributed by atoms with Crippen LogP contribution in [0.2, 0.25) is 0 Å². The molecule has 1 rings (SSSR count). The Morgan fingerprint density at radius 2 is 2.00 bits per heavy atom. The van der Waals surface area contributed by atoms with Crippen molar-refractivity contribution >= 4 is 8.60 Å². The normalized spacial score (nSPS) is 12.0. The van der Waals surface area contributed by atoms with Gasteiger partial charge < -0.3 is 19.0 Å². The molecule has 0 aromatic heterocycles. The number of phenols is 1. The van der Waals surface area contributed by atoms with Gasteiger partial charge in [0.2, 0.25) is 0 Å². The monoisotopic (exact) mass is 268 g/mol. The molecule has 0 radical (unpaired) electrons. The Bertz CT molecular complexity index is 389. The fourth-order valence-corrected chi connectivity index (χ4v) is 1.88. The van der Waals surface area contributed by atoms with Gasteiger partial charge in [-0.2, -0.15) is 0 Å². The maximum absolute atomic E-state index is 9.48. The van der Waals surface area contributed by atoms with E-state index >= 15 is 0 Å². The van der Waals surface area contributed by atoms with Crippen molar-refractivity contribution in [2.75, 3.05) is 6.61 Å². The molecule has 1 aromatic rings. The standard InChI is InChI=1S/C13H17O4P/c1-2-3-4-7-10-16-18(15)17-11-12-8-5-6-9-13(12)14/h1,5-6,8-9,14-15H,3-4,7,10-11H2. The molecular weight excluding hydrogens is 251 g/mol. The summed E-state index contributed by atoms with van der Waals surface area (Å²) < 4.78 is 10.2.